The van der Waals surface area contributed by atoms with Crippen LogP contribution in [0.1, 0.15) is 22.8 Å². The molecule has 8 heteroatoms. The van der Waals surface area contributed by atoms with Crippen LogP contribution in [0.4, 0.5) is 11.4 Å². The van der Waals surface area contributed by atoms with E-state index in [0.29, 0.717) is 11.4 Å². The van der Waals surface area contributed by atoms with Gasteiger partial charge in [0.1, 0.15) is 12.3 Å². The lowest BCUT2D eigenvalue weighted by atomic mass is 10.1. The van der Waals surface area contributed by atoms with Gasteiger partial charge in [-0.25, -0.2) is 0 Å². The highest BCUT2D eigenvalue weighted by molar-refractivity contribution is 6.00. The lowest BCUT2D eigenvalue weighted by Gasteiger charge is -2.21. The van der Waals surface area contributed by atoms with Gasteiger partial charge in [-0.05, 0) is 32.0 Å². The van der Waals surface area contributed by atoms with Crippen molar-refractivity contribution < 1.29 is 19.2 Å². The Bertz CT molecular complexity index is 866. The molecule has 0 aliphatic heterocycles. The number of benzene rings is 2. The SMILES string of the molecule is CCN(CC(=O)Nc1cccc(OC)c1)C(=O)c1cccc([N+](=O)[O-])c1C. The quantitative estimate of drug-likeness (QED) is 0.595. The minimum atomic E-state index is -0.530. The maximum Gasteiger partial charge on any atom is 0.273 e. The Kier molecular flexibility index (Phi) is 6.48. The Morgan fingerprint density at radius 1 is 1.22 bits per heavy atom. The van der Waals surface area contributed by atoms with Crippen LogP contribution in [0.15, 0.2) is 42.5 Å². The third-order valence-electron chi connectivity index (χ3n) is 4.09. The molecule has 0 fully saturated rings. The van der Waals surface area contributed by atoms with E-state index in [-0.39, 0.29) is 35.8 Å². The fraction of sp³-hybridized carbons (Fsp3) is 0.263. The molecule has 0 aliphatic rings. The Balaban J connectivity index is 2.14. The van der Waals surface area contributed by atoms with Gasteiger partial charge in [0.05, 0.1) is 12.0 Å². The zero-order chi connectivity index (χ0) is 20.0. The number of ether oxygens (including phenoxy) is 1. The molecule has 2 aromatic carbocycles. The third-order valence-corrected chi connectivity index (χ3v) is 4.09. The van der Waals surface area contributed by atoms with Crippen molar-refractivity contribution in [1.29, 1.82) is 0 Å². The highest BCUT2D eigenvalue weighted by atomic mass is 16.6. The summed E-state index contributed by atoms with van der Waals surface area (Å²) in [7, 11) is 1.53. The largest absolute Gasteiger partial charge is 0.497 e. The van der Waals surface area contributed by atoms with Gasteiger partial charge in [0.2, 0.25) is 5.91 Å². The molecule has 0 saturated heterocycles. The fourth-order valence-electron chi connectivity index (χ4n) is 2.63. The van der Waals surface area contributed by atoms with E-state index in [1.807, 2.05) is 0 Å². The number of nitro groups is 1. The van der Waals surface area contributed by atoms with Gasteiger partial charge in [-0.1, -0.05) is 12.1 Å². The molecule has 0 aromatic heterocycles. The van der Waals surface area contributed by atoms with Crippen LogP contribution in [-0.2, 0) is 4.79 Å². The highest BCUT2D eigenvalue weighted by Crippen LogP contribution is 2.22. The Morgan fingerprint density at radius 2 is 1.93 bits per heavy atom. The Labute approximate surface area is 156 Å². The lowest BCUT2D eigenvalue weighted by Crippen LogP contribution is -2.38. The zero-order valence-electron chi connectivity index (χ0n) is 15.4. The van der Waals surface area contributed by atoms with Crippen molar-refractivity contribution in [3.63, 3.8) is 0 Å². The summed E-state index contributed by atoms with van der Waals surface area (Å²) in [5, 5.41) is 13.8. The molecule has 142 valence electrons. The topological polar surface area (TPSA) is 102 Å². The van der Waals surface area contributed by atoms with Crippen molar-refractivity contribution in [2.45, 2.75) is 13.8 Å². The van der Waals surface area contributed by atoms with E-state index < -0.39 is 10.8 Å². The molecular formula is C19H21N3O5. The standard InChI is InChI=1S/C19H21N3O5/c1-4-21(12-18(23)20-14-7-5-8-15(11-14)27-3)19(24)16-9-6-10-17(13(16)2)22(25)26/h5-11H,4,12H2,1-3H3,(H,20,23). The average molecular weight is 371 g/mol. The van der Waals surface area contributed by atoms with Crippen LogP contribution < -0.4 is 10.1 Å². The molecule has 0 saturated carbocycles. The second kappa shape index (κ2) is 8.79. The van der Waals surface area contributed by atoms with Gasteiger partial charge in [0.15, 0.2) is 0 Å². The molecule has 0 bridgehead atoms. The summed E-state index contributed by atoms with van der Waals surface area (Å²) in [5.74, 6) is -0.204. The van der Waals surface area contributed by atoms with Gasteiger partial charge in [0.25, 0.3) is 11.6 Å². The molecule has 2 amide bonds. The van der Waals surface area contributed by atoms with Gasteiger partial charge in [-0.3, -0.25) is 19.7 Å². The molecule has 0 aliphatic carbocycles. The van der Waals surface area contributed by atoms with Crippen molar-refractivity contribution >= 4 is 23.2 Å². The lowest BCUT2D eigenvalue weighted by molar-refractivity contribution is -0.385. The molecule has 0 radical (unpaired) electrons. The molecular weight excluding hydrogens is 350 g/mol. The molecule has 0 atom stereocenters. The van der Waals surface area contributed by atoms with E-state index in [9.17, 15) is 19.7 Å². The minimum Gasteiger partial charge on any atom is -0.497 e. The van der Waals surface area contributed by atoms with Crippen LogP contribution >= 0.6 is 0 Å². The van der Waals surface area contributed by atoms with Gasteiger partial charge in [-0.15, -0.1) is 0 Å². The van der Waals surface area contributed by atoms with Crippen molar-refractivity contribution in [1.82, 2.24) is 4.90 Å². The van der Waals surface area contributed by atoms with E-state index in [0.717, 1.165) is 0 Å². The molecule has 1 N–H and O–H groups in total. The smallest absolute Gasteiger partial charge is 0.273 e. The summed E-state index contributed by atoms with van der Waals surface area (Å²) in [4.78, 5) is 37.0. The summed E-state index contributed by atoms with van der Waals surface area (Å²) in [6.45, 7) is 3.38. The van der Waals surface area contributed by atoms with Crippen LogP contribution in [0, 0.1) is 17.0 Å². The Hall–Kier alpha value is -3.42. The molecule has 27 heavy (non-hydrogen) atoms. The minimum absolute atomic E-state index is 0.127. The second-order valence-corrected chi connectivity index (χ2v) is 5.81. The van der Waals surface area contributed by atoms with Gasteiger partial charge < -0.3 is 15.0 Å². The Morgan fingerprint density at radius 3 is 2.56 bits per heavy atom. The van der Waals surface area contributed by atoms with Crippen molar-refractivity contribution in [3.05, 3.63) is 63.7 Å². The first-order valence-electron chi connectivity index (χ1n) is 8.34. The molecule has 0 heterocycles. The maximum absolute atomic E-state index is 12.8. The molecule has 2 rings (SSSR count). The number of nitrogens with zero attached hydrogens (tertiary/aromatic N) is 2. The van der Waals surface area contributed by atoms with Crippen molar-refractivity contribution in [3.8, 4) is 5.75 Å². The third kappa shape index (κ3) is 4.81. The number of carbonyl (C=O) groups is 2. The number of hydrogen-bond donors (Lipinski definition) is 1. The van der Waals surface area contributed by atoms with E-state index in [2.05, 4.69) is 5.32 Å². The van der Waals surface area contributed by atoms with Gasteiger partial charge in [-0.2, -0.15) is 0 Å². The number of likely N-dealkylation sites (N-methyl/N-ethyl adjacent to an activating group) is 1. The molecule has 8 nitrogen and oxygen atoms in total. The first-order chi connectivity index (χ1) is 12.9. The normalized spacial score (nSPS) is 10.2. The number of carbonyl (C=O) groups excluding carboxylic acids is 2. The van der Waals surface area contributed by atoms with E-state index in [1.165, 1.54) is 37.1 Å². The average Bonchev–Trinajstić information content (AvgIpc) is 2.65. The summed E-state index contributed by atoms with van der Waals surface area (Å²) >= 11 is 0. The van der Waals surface area contributed by atoms with Gasteiger partial charge >= 0.3 is 0 Å². The number of hydrogen-bond acceptors (Lipinski definition) is 5. The van der Waals surface area contributed by atoms with Crippen LogP contribution in [0.25, 0.3) is 0 Å². The summed E-state index contributed by atoms with van der Waals surface area (Å²) < 4.78 is 5.11. The first-order valence-corrected chi connectivity index (χ1v) is 8.34. The molecule has 0 unspecified atom stereocenters. The van der Waals surface area contributed by atoms with Crippen LogP contribution in [-0.4, -0.2) is 41.8 Å². The summed E-state index contributed by atoms with van der Waals surface area (Å²) in [5.41, 5.74) is 0.909. The first kappa shape index (κ1) is 19.9. The molecule has 2 aromatic rings. The van der Waals surface area contributed by atoms with Crippen LogP contribution in [0.3, 0.4) is 0 Å². The van der Waals surface area contributed by atoms with E-state index in [4.69, 9.17) is 4.74 Å². The van der Waals surface area contributed by atoms with Crippen LogP contribution in [0.2, 0.25) is 0 Å². The second-order valence-electron chi connectivity index (χ2n) is 5.81. The number of amides is 2. The fourth-order valence-corrected chi connectivity index (χ4v) is 2.63. The molecule has 0 spiro atoms. The number of anilines is 1. The number of nitrogens with one attached hydrogen (secondary N) is 1. The number of methoxy groups -OCH3 is 1. The maximum atomic E-state index is 12.8. The predicted octanol–water partition coefficient (Wildman–Crippen LogP) is 3.01. The van der Waals surface area contributed by atoms with E-state index in [1.54, 1.807) is 31.2 Å². The highest BCUT2D eigenvalue weighted by Gasteiger charge is 2.23. The number of nitro benzene ring substituents is 1. The predicted molar refractivity (Wildman–Crippen MR) is 101 cm³/mol. The summed E-state index contributed by atoms with van der Waals surface area (Å²) in [6.07, 6.45) is 0. The van der Waals surface area contributed by atoms with Crippen molar-refractivity contribution in [2.24, 2.45) is 0 Å². The zero-order valence-corrected chi connectivity index (χ0v) is 15.4. The number of rotatable bonds is 7. The monoisotopic (exact) mass is 371 g/mol. The van der Waals surface area contributed by atoms with Gasteiger partial charge in [0, 0.05) is 35.5 Å². The van der Waals surface area contributed by atoms with Crippen molar-refractivity contribution in [2.75, 3.05) is 25.5 Å². The van der Waals surface area contributed by atoms with Crippen LogP contribution in [0.5, 0.6) is 5.75 Å². The van der Waals surface area contributed by atoms with E-state index >= 15 is 0 Å². The summed E-state index contributed by atoms with van der Waals surface area (Å²) in [6, 6.07) is 11.2.